The molecular weight excluding hydrogens is 706 g/mol. The number of amides is 3. The average Bonchev–Trinajstić information content (AvgIpc) is 3.18. The van der Waals surface area contributed by atoms with E-state index < -0.39 is 35.6 Å². The molecule has 3 amide bonds. The summed E-state index contributed by atoms with van der Waals surface area (Å²) in [5.74, 6) is 0.699. The van der Waals surface area contributed by atoms with Crippen LogP contribution in [-0.4, -0.2) is 50.9 Å². The topological polar surface area (TPSA) is 208 Å². The maximum Gasteiger partial charge on any atom is 0.336 e. The zero-order chi connectivity index (χ0) is 39.8. The molecule has 0 fully saturated rings. The quantitative estimate of drug-likeness (QED) is 0.0839. The summed E-state index contributed by atoms with van der Waals surface area (Å²) < 4.78 is 5.96. The van der Waals surface area contributed by atoms with Crippen molar-refractivity contribution in [3.8, 4) is 48.5 Å². The Bertz CT molecular complexity index is 2570. The molecule has 0 saturated carbocycles. The molecule has 0 aromatic heterocycles. The molecule has 0 saturated heterocycles. The van der Waals surface area contributed by atoms with Gasteiger partial charge in [0.15, 0.2) is 0 Å². The Labute approximate surface area is 312 Å². The Morgan fingerprint density at radius 3 is 1.33 bits per heavy atom. The van der Waals surface area contributed by atoms with Gasteiger partial charge in [-0.05, 0) is 91.0 Å². The van der Waals surface area contributed by atoms with E-state index >= 15 is 0 Å². The van der Waals surface area contributed by atoms with Crippen LogP contribution in [0.15, 0.2) is 97.1 Å². The van der Waals surface area contributed by atoms with Gasteiger partial charge >= 0.3 is 17.9 Å². The number of benzene rings is 5. The van der Waals surface area contributed by atoms with Crippen molar-refractivity contribution in [2.24, 2.45) is 0 Å². The first kappa shape index (κ1) is 37.7. The maximum atomic E-state index is 13.5. The number of carboxylic acids is 3. The minimum Gasteiger partial charge on any atom is -0.478 e. The number of aromatic carboxylic acids is 3. The van der Waals surface area contributed by atoms with Crippen molar-refractivity contribution in [2.75, 3.05) is 16.0 Å². The van der Waals surface area contributed by atoms with E-state index in [4.69, 9.17) is 24.0 Å². The normalized spacial score (nSPS) is 10.1. The molecule has 0 spiro atoms. The molecule has 0 radical (unpaired) electrons. The summed E-state index contributed by atoms with van der Waals surface area (Å²) in [6, 6.07) is 21.5. The lowest BCUT2D eigenvalue weighted by molar-refractivity contribution is 0.0683. The summed E-state index contributed by atoms with van der Waals surface area (Å²) in [7, 11) is 0. The second-order valence-corrected chi connectivity index (χ2v) is 11.3. The van der Waals surface area contributed by atoms with E-state index in [1.165, 1.54) is 84.9 Å². The highest BCUT2D eigenvalue weighted by Gasteiger charge is 2.22. The van der Waals surface area contributed by atoms with Gasteiger partial charge in [-0.2, -0.15) is 0 Å². The number of rotatable bonds is 11. The second kappa shape index (κ2) is 16.2. The van der Waals surface area contributed by atoms with E-state index in [-0.39, 0.29) is 73.1 Å². The monoisotopic (exact) mass is 731 g/mol. The fourth-order valence-electron chi connectivity index (χ4n) is 5.15. The van der Waals surface area contributed by atoms with E-state index in [2.05, 4.69) is 33.7 Å². The molecule has 55 heavy (non-hydrogen) atoms. The first-order valence-corrected chi connectivity index (χ1v) is 15.7. The number of terminal acetylenes is 3. The number of carboxylic acid groups (broad SMARTS) is 3. The molecule has 0 aliphatic heterocycles. The highest BCUT2D eigenvalue weighted by Crippen LogP contribution is 2.32. The first-order valence-electron chi connectivity index (χ1n) is 15.7. The van der Waals surface area contributed by atoms with Crippen LogP contribution in [-0.2, 0) is 0 Å². The highest BCUT2D eigenvalue weighted by atomic mass is 16.5. The van der Waals surface area contributed by atoms with Crippen LogP contribution in [0, 0.1) is 37.0 Å². The van der Waals surface area contributed by atoms with E-state index in [1.54, 1.807) is 0 Å². The third-order valence-corrected chi connectivity index (χ3v) is 7.82. The third-order valence-electron chi connectivity index (χ3n) is 7.82. The molecule has 0 aliphatic rings. The van der Waals surface area contributed by atoms with Gasteiger partial charge in [0.05, 0.1) is 44.8 Å². The van der Waals surface area contributed by atoms with Crippen LogP contribution in [0.5, 0.6) is 11.5 Å². The molecule has 5 aromatic carbocycles. The fraction of sp³-hybridized carbons (Fsp3) is 0. The van der Waals surface area contributed by atoms with Gasteiger partial charge in [-0.25, -0.2) is 14.4 Å². The summed E-state index contributed by atoms with van der Waals surface area (Å²) in [4.78, 5) is 75.4. The van der Waals surface area contributed by atoms with Crippen LogP contribution in [0.3, 0.4) is 0 Å². The molecule has 13 nitrogen and oxygen atoms in total. The molecule has 13 heteroatoms. The van der Waals surface area contributed by atoms with Crippen molar-refractivity contribution in [2.45, 2.75) is 0 Å². The number of anilines is 3. The molecule has 268 valence electrons. The number of nitrogens with one attached hydrogen (secondary N) is 3. The maximum absolute atomic E-state index is 13.5. The highest BCUT2D eigenvalue weighted by molar-refractivity contribution is 6.15. The van der Waals surface area contributed by atoms with Crippen LogP contribution in [0.4, 0.5) is 17.1 Å². The van der Waals surface area contributed by atoms with Crippen molar-refractivity contribution in [3.05, 3.63) is 147 Å². The van der Waals surface area contributed by atoms with Gasteiger partial charge in [-0.1, -0.05) is 17.8 Å². The standard InChI is InChI=1S/C42H25N3O10/c1-4-23-9-17-31(40(49)50)32(19-23)39(48)43-26-10-12-27(13-11-26)55-28-14-18-35(44-37(46)29-15-7-24(5-2)20-33(29)41(51)52)36(22-28)45-38(47)30-16-8-25(6-3)21-34(30)42(53)54/h1-3,7-22H,(H,43,48)(H,44,46)(H,45,47)(H,49,50)(H,51,52)(H,53,54). The van der Waals surface area contributed by atoms with Gasteiger partial charge in [0.25, 0.3) is 17.7 Å². The molecule has 0 unspecified atom stereocenters. The smallest absolute Gasteiger partial charge is 0.336 e. The summed E-state index contributed by atoms with van der Waals surface area (Å²) in [6.45, 7) is 0. The zero-order valence-electron chi connectivity index (χ0n) is 28.2. The molecular formula is C42H25N3O10. The van der Waals surface area contributed by atoms with Crippen LogP contribution < -0.4 is 20.7 Å². The van der Waals surface area contributed by atoms with Crippen molar-refractivity contribution in [3.63, 3.8) is 0 Å². The Balaban J connectivity index is 1.44. The van der Waals surface area contributed by atoms with Crippen LogP contribution in [0.1, 0.15) is 78.8 Å². The molecule has 6 N–H and O–H groups in total. The van der Waals surface area contributed by atoms with Crippen molar-refractivity contribution < 1.29 is 48.8 Å². The zero-order valence-corrected chi connectivity index (χ0v) is 28.2. The van der Waals surface area contributed by atoms with Gasteiger partial charge in [0.2, 0.25) is 0 Å². The van der Waals surface area contributed by atoms with Gasteiger partial charge in [-0.3, -0.25) is 14.4 Å². The lowest BCUT2D eigenvalue weighted by atomic mass is 10.0. The Hall–Kier alpha value is -8.60. The van der Waals surface area contributed by atoms with Gasteiger partial charge in [0.1, 0.15) is 11.5 Å². The number of hydrogen-bond acceptors (Lipinski definition) is 7. The van der Waals surface area contributed by atoms with Gasteiger partial charge < -0.3 is 36.0 Å². The molecule has 0 aliphatic carbocycles. The van der Waals surface area contributed by atoms with E-state index in [0.29, 0.717) is 5.56 Å². The third kappa shape index (κ3) is 8.65. The summed E-state index contributed by atoms with van der Waals surface area (Å²) >= 11 is 0. The molecule has 5 rings (SSSR count). The van der Waals surface area contributed by atoms with Gasteiger partial charge in [-0.15, -0.1) is 19.3 Å². The summed E-state index contributed by atoms with van der Waals surface area (Å²) in [5.41, 5.74) is -0.692. The Morgan fingerprint density at radius 1 is 0.436 bits per heavy atom. The van der Waals surface area contributed by atoms with Gasteiger partial charge in [0, 0.05) is 28.4 Å². The van der Waals surface area contributed by atoms with Crippen molar-refractivity contribution >= 4 is 52.7 Å². The minimum absolute atomic E-state index is 0.0205. The predicted molar refractivity (Wildman–Crippen MR) is 201 cm³/mol. The predicted octanol–water partition coefficient (Wildman–Crippen LogP) is 6.27. The SMILES string of the molecule is C#Cc1ccc(C(=O)Nc2ccc(Oc3ccc(NC(=O)c4cc(C#C)ccc4C(=O)O)cc3)cc2NC(=O)c2ccc(C#C)cc2C(=O)O)c(C(=O)O)c1. The number of hydrogen-bond donors (Lipinski definition) is 6. The molecule has 0 bridgehead atoms. The average molecular weight is 732 g/mol. The Morgan fingerprint density at radius 2 is 0.855 bits per heavy atom. The number of carbonyl (C=O) groups is 6. The number of ether oxygens (including phenoxy) is 1. The van der Waals surface area contributed by atoms with E-state index in [0.717, 1.165) is 12.1 Å². The van der Waals surface area contributed by atoms with Crippen LogP contribution in [0.2, 0.25) is 0 Å². The van der Waals surface area contributed by atoms with Crippen LogP contribution >= 0.6 is 0 Å². The first-order chi connectivity index (χ1) is 26.3. The Kier molecular flexibility index (Phi) is 11.1. The van der Waals surface area contributed by atoms with Crippen molar-refractivity contribution in [1.82, 2.24) is 0 Å². The molecule has 0 atom stereocenters. The van der Waals surface area contributed by atoms with E-state index in [9.17, 15) is 44.1 Å². The second-order valence-electron chi connectivity index (χ2n) is 11.3. The molecule has 0 heterocycles. The largest absolute Gasteiger partial charge is 0.478 e. The summed E-state index contributed by atoms with van der Waals surface area (Å²) in [5, 5.41) is 36.7. The lowest BCUT2D eigenvalue weighted by Gasteiger charge is -2.16. The van der Waals surface area contributed by atoms with Crippen molar-refractivity contribution in [1.29, 1.82) is 0 Å². The summed E-state index contributed by atoms with van der Waals surface area (Å²) in [6.07, 6.45) is 16.2. The molecule has 5 aromatic rings. The lowest BCUT2D eigenvalue weighted by Crippen LogP contribution is -2.20. The van der Waals surface area contributed by atoms with Crippen LogP contribution in [0.25, 0.3) is 0 Å². The minimum atomic E-state index is -1.42. The fourth-order valence-corrected chi connectivity index (χ4v) is 5.15. The van der Waals surface area contributed by atoms with E-state index in [1.807, 2.05) is 0 Å². The number of carbonyl (C=O) groups excluding carboxylic acids is 3.